The zero-order chi connectivity index (χ0) is 27.2. The summed E-state index contributed by atoms with van der Waals surface area (Å²) in [5.41, 5.74) is -0.929. The van der Waals surface area contributed by atoms with Crippen molar-refractivity contribution in [1.29, 1.82) is 0 Å². The number of carbonyl (C=O) groups is 1. The molecule has 0 spiro atoms. The van der Waals surface area contributed by atoms with E-state index in [2.05, 4.69) is 29.9 Å². The maximum atomic E-state index is 13.3. The number of anilines is 1. The number of hydrogen-bond acceptors (Lipinski definition) is 7. The summed E-state index contributed by atoms with van der Waals surface area (Å²) in [5.74, 6) is -1.49. The number of carbonyl (C=O) groups excluding carboxylic acids is 1. The normalized spacial score (nSPS) is 21.4. The molecule has 0 radical (unpaired) electrons. The Morgan fingerprint density at radius 1 is 1.16 bits per heavy atom. The van der Waals surface area contributed by atoms with Crippen LogP contribution in [-0.4, -0.2) is 44.8 Å². The number of ether oxygens (including phenoxy) is 1. The van der Waals surface area contributed by atoms with Crippen molar-refractivity contribution >= 4 is 23.3 Å². The van der Waals surface area contributed by atoms with E-state index < -0.39 is 23.5 Å². The first kappa shape index (κ1) is 26.2. The fraction of sp³-hybridized carbons (Fsp3) is 0.440. The maximum Gasteiger partial charge on any atom is 0.471 e. The van der Waals surface area contributed by atoms with Crippen LogP contribution >= 0.6 is 11.6 Å². The van der Waals surface area contributed by atoms with Crippen LogP contribution in [0, 0.1) is 5.82 Å². The Balaban J connectivity index is 1.22. The lowest BCUT2D eigenvalue weighted by molar-refractivity contribution is -0.159. The first-order valence-corrected chi connectivity index (χ1v) is 12.4. The Morgan fingerprint density at radius 3 is 2.45 bits per heavy atom. The van der Waals surface area contributed by atoms with Crippen molar-refractivity contribution in [3.8, 4) is 17.1 Å². The molecule has 1 amide bonds. The summed E-state index contributed by atoms with van der Waals surface area (Å²) in [6.07, 6.45) is -0.0602. The monoisotopic (exact) mass is 553 g/mol. The molecule has 3 aromatic rings. The minimum Gasteiger partial charge on any atom is -0.476 e. The van der Waals surface area contributed by atoms with E-state index in [0.29, 0.717) is 24.2 Å². The van der Waals surface area contributed by atoms with Crippen molar-refractivity contribution in [2.75, 3.05) is 4.90 Å². The predicted molar refractivity (Wildman–Crippen MR) is 129 cm³/mol. The van der Waals surface area contributed by atoms with Crippen LogP contribution < -0.4 is 15.0 Å². The molecule has 2 bridgehead atoms. The second kappa shape index (κ2) is 9.72. The highest BCUT2D eigenvalue weighted by atomic mass is 35.5. The number of fused-ring (bicyclic) bond motifs is 2. The number of pyridine rings is 1. The van der Waals surface area contributed by atoms with E-state index in [4.69, 9.17) is 16.3 Å². The molecule has 3 atom stereocenters. The molecule has 2 aromatic heterocycles. The van der Waals surface area contributed by atoms with Gasteiger partial charge in [0.2, 0.25) is 5.82 Å². The fourth-order valence-electron chi connectivity index (χ4n) is 5.03. The van der Waals surface area contributed by atoms with Crippen LogP contribution in [0.3, 0.4) is 0 Å². The molecule has 13 heteroatoms. The first-order chi connectivity index (χ1) is 17.9. The number of hydrogen-bond donors (Lipinski definition) is 1. The smallest absolute Gasteiger partial charge is 0.471 e. The zero-order valence-electron chi connectivity index (χ0n) is 20.4. The third-order valence-electron chi connectivity index (χ3n) is 6.81. The van der Waals surface area contributed by atoms with Crippen LogP contribution in [0.15, 0.2) is 41.1 Å². The van der Waals surface area contributed by atoms with Gasteiger partial charge in [-0.05, 0) is 69.9 Å². The molecule has 8 nitrogen and oxygen atoms in total. The average Bonchev–Trinajstić information content (AvgIpc) is 3.44. The SMILES string of the molecule is CC(C)(Oc1ccc(F)cc1Cl)C(=O)NC1C[C@H]2CC[C@@H](C1)N2c1ccc(-c2noc(C(F)(F)F)n2)cn1. The van der Waals surface area contributed by atoms with Crippen molar-refractivity contribution in [3.05, 3.63) is 53.3 Å². The van der Waals surface area contributed by atoms with Crippen LogP contribution in [-0.2, 0) is 11.0 Å². The zero-order valence-corrected chi connectivity index (χ0v) is 21.2. The molecule has 4 heterocycles. The van der Waals surface area contributed by atoms with Gasteiger partial charge < -0.3 is 19.5 Å². The van der Waals surface area contributed by atoms with E-state index in [-0.39, 0.29) is 40.6 Å². The summed E-state index contributed by atoms with van der Waals surface area (Å²) < 4.78 is 61.7. The molecule has 2 fully saturated rings. The minimum atomic E-state index is -4.72. The number of benzene rings is 1. The number of alkyl halides is 3. The van der Waals surface area contributed by atoms with Gasteiger partial charge >= 0.3 is 12.1 Å². The lowest BCUT2D eigenvalue weighted by Crippen LogP contribution is -2.55. The van der Waals surface area contributed by atoms with Crippen LogP contribution in [0.4, 0.5) is 23.4 Å². The van der Waals surface area contributed by atoms with E-state index in [9.17, 15) is 22.4 Å². The Morgan fingerprint density at radius 2 is 1.87 bits per heavy atom. The summed E-state index contributed by atoms with van der Waals surface area (Å²) in [4.78, 5) is 23.1. The second-order valence-corrected chi connectivity index (χ2v) is 10.4. The highest BCUT2D eigenvalue weighted by Gasteiger charge is 2.43. The minimum absolute atomic E-state index is 0.0795. The summed E-state index contributed by atoms with van der Waals surface area (Å²) >= 11 is 6.05. The summed E-state index contributed by atoms with van der Waals surface area (Å²) in [7, 11) is 0. The molecule has 5 rings (SSSR count). The third-order valence-corrected chi connectivity index (χ3v) is 7.11. The van der Waals surface area contributed by atoms with E-state index in [0.717, 1.165) is 18.9 Å². The van der Waals surface area contributed by atoms with Gasteiger partial charge in [-0.15, -0.1) is 0 Å². The second-order valence-electron chi connectivity index (χ2n) is 9.95. The van der Waals surface area contributed by atoms with Crippen LogP contribution in [0.1, 0.15) is 45.4 Å². The molecule has 2 aliphatic heterocycles. The average molecular weight is 554 g/mol. The van der Waals surface area contributed by atoms with Gasteiger partial charge in [-0.2, -0.15) is 18.2 Å². The molecular weight excluding hydrogens is 530 g/mol. The Labute approximate surface area is 220 Å². The topological polar surface area (TPSA) is 93.4 Å². The third kappa shape index (κ3) is 5.27. The van der Waals surface area contributed by atoms with Gasteiger partial charge in [-0.3, -0.25) is 4.79 Å². The van der Waals surface area contributed by atoms with E-state index in [1.165, 1.54) is 18.3 Å². The van der Waals surface area contributed by atoms with Gasteiger partial charge in [0.05, 0.1) is 5.02 Å². The van der Waals surface area contributed by atoms with Crippen LogP contribution in [0.2, 0.25) is 5.02 Å². The lowest BCUT2D eigenvalue weighted by Gasteiger charge is -2.40. The summed E-state index contributed by atoms with van der Waals surface area (Å²) in [5, 5.41) is 6.56. The van der Waals surface area contributed by atoms with E-state index >= 15 is 0 Å². The van der Waals surface area contributed by atoms with E-state index in [1.807, 2.05) is 0 Å². The number of aromatic nitrogens is 3. The number of nitrogens with one attached hydrogen (secondary N) is 1. The summed E-state index contributed by atoms with van der Waals surface area (Å²) in [6.45, 7) is 3.25. The summed E-state index contributed by atoms with van der Waals surface area (Å²) in [6, 6.07) is 7.25. The Bertz CT molecular complexity index is 1320. The van der Waals surface area contributed by atoms with Crippen LogP contribution in [0.5, 0.6) is 5.75 Å². The highest BCUT2D eigenvalue weighted by molar-refractivity contribution is 6.32. The van der Waals surface area contributed by atoms with Gasteiger partial charge in [0, 0.05) is 29.9 Å². The van der Waals surface area contributed by atoms with Gasteiger partial charge in [0.15, 0.2) is 5.60 Å². The number of halogens is 5. The van der Waals surface area contributed by atoms with Crippen molar-refractivity contribution in [2.45, 2.75) is 69.4 Å². The molecule has 1 aromatic carbocycles. The molecule has 2 saturated heterocycles. The van der Waals surface area contributed by atoms with E-state index in [1.54, 1.807) is 26.0 Å². The quantitative estimate of drug-likeness (QED) is 0.408. The first-order valence-electron chi connectivity index (χ1n) is 12.0. The fourth-order valence-corrected chi connectivity index (χ4v) is 5.24. The highest BCUT2D eigenvalue weighted by Crippen LogP contribution is 2.39. The molecule has 1 N–H and O–H groups in total. The van der Waals surface area contributed by atoms with Gasteiger partial charge in [-0.1, -0.05) is 16.8 Å². The lowest BCUT2D eigenvalue weighted by atomic mass is 9.96. The van der Waals surface area contributed by atoms with Gasteiger partial charge in [0.25, 0.3) is 5.91 Å². The number of piperidine rings is 1. The largest absolute Gasteiger partial charge is 0.476 e. The molecule has 2 aliphatic rings. The number of amides is 1. The molecular formula is C25H24ClF4N5O3. The molecule has 0 saturated carbocycles. The van der Waals surface area contributed by atoms with Crippen molar-refractivity contribution in [2.24, 2.45) is 0 Å². The Kier molecular flexibility index (Phi) is 6.70. The molecule has 202 valence electrons. The standard InChI is InChI=1S/C25H24ClF4N5O3/c1-24(2,37-19-7-4-14(27)9-18(19)26)22(36)32-15-10-16-5-6-17(11-15)35(16)20-8-3-13(12-31-20)21-33-23(38-34-21)25(28,29)30/h3-4,7-9,12,15-17H,5-6,10-11H2,1-2H3,(H,32,36)/t15?,16-,17+. The van der Waals surface area contributed by atoms with Gasteiger partial charge in [0.1, 0.15) is 17.4 Å². The number of nitrogens with zero attached hydrogens (tertiary/aromatic N) is 4. The number of rotatable bonds is 6. The van der Waals surface area contributed by atoms with Crippen molar-refractivity contribution in [3.63, 3.8) is 0 Å². The Hall–Kier alpha value is -3.41. The molecule has 38 heavy (non-hydrogen) atoms. The van der Waals surface area contributed by atoms with Crippen molar-refractivity contribution in [1.82, 2.24) is 20.4 Å². The maximum absolute atomic E-state index is 13.3. The predicted octanol–water partition coefficient (Wildman–Crippen LogP) is 5.42. The molecule has 0 aliphatic carbocycles. The molecule has 1 unspecified atom stereocenters. The van der Waals surface area contributed by atoms with Crippen LogP contribution in [0.25, 0.3) is 11.4 Å². The van der Waals surface area contributed by atoms with Gasteiger partial charge in [-0.25, -0.2) is 9.37 Å². The van der Waals surface area contributed by atoms with Crippen molar-refractivity contribution < 1.29 is 31.6 Å².